The Morgan fingerprint density at radius 3 is 2.88 bits per heavy atom. The molecule has 3 rings (SSSR count). The molecule has 1 aliphatic heterocycles. The zero-order chi connectivity index (χ0) is 18.2. The van der Waals surface area contributed by atoms with Gasteiger partial charge in [-0.15, -0.1) is 0 Å². The lowest BCUT2D eigenvalue weighted by Gasteiger charge is -2.33. The first kappa shape index (κ1) is 17.2. The maximum atomic E-state index is 12.3. The number of guanidine groups is 1. The van der Waals surface area contributed by atoms with Gasteiger partial charge in [-0.05, 0) is 29.7 Å². The Morgan fingerprint density at radius 2 is 2.24 bits per heavy atom. The molecular weight excluding hydrogens is 344 g/mol. The average Bonchev–Trinajstić information content (AvgIpc) is 2.99. The van der Waals surface area contributed by atoms with Crippen molar-refractivity contribution in [1.82, 2.24) is 9.88 Å². The van der Waals surface area contributed by atoms with Gasteiger partial charge in [0, 0.05) is 13.5 Å². The van der Waals surface area contributed by atoms with E-state index in [1.807, 2.05) is 31.2 Å². The van der Waals surface area contributed by atoms with Gasteiger partial charge in [0.05, 0.1) is 12.0 Å². The highest BCUT2D eigenvalue weighted by atomic mass is 35.5. The Balaban J connectivity index is 1.87. The number of Topliss-reactive ketones (excluding diaryl/α,β-unsaturated/α-hetero) is 1. The van der Waals surface area contributed by atoms with Crippen LogP contribution in [0.5, 0.6) is 0 Å². The van der Waals surface area contributed by atoms with E-state index in [-0.39, 0.29) is 41.5 Å². The molecule has 130 valence electrons. The number of amides is 1. The lowest BCUT2D eigenvalue weighted by molar-refractivity contribution is -0.128. The van der Waals surface area contributed by atoms with Crippen molar-refractivity contribution in [3.8, 4) is 0 Å². The number of ketones is 1. The monoisotopic (exact) mass is 360 g/mol. The van der Waals surface area contributed by atoms with Crippen LogP contribution in [0.4, 0.5) is 0 Å². The van der Waals surface area contributed by atoms with Crippen LogP contribution in [0.25, 0.3) is 0 Å². The molecule has 2 heterocycles. The third kappa shape index (κ3) is 3.41. The minimum absolute atomic E-state index is 0.0701. The second-order valence-electron chi connectivity index (χ2n) is 6.16. The first-order chi connectivity index (χ1) is 11.8. The van der Waals surface area contributed by atoms with Crippen LogP contribution in [-0.4, -0.2) is 34.6 Å². The summed E-state index contributed by atoms with van der Waals surface area (Å²) in [5.41, 5.74) is 6.87. The highest BCUT2D eigenvalue weighted by molar-refractivity contribution is 6.27. The molecule has 1 atom stereocenters. The van der Waals surface area contributed by atoms with Crippen molar-refractivity contribution in [3.63, 3.8) is 0 Å². The molecule has 0 fully saturated rings. The van der Waals surface area contributed by atoms with Crippen LogP contribution in [0, 0.1) is 0 Å². The molecule has 1 amide bonds. The molecule has 7 nitrogen and oxygen atoms in total. The van der Waals surface area contributed by atoms with Gasteiger partial charge in [-0.25, -0.2) is 4.99 Å². The van der Waals surface area contributed by atoms with E-state index in [0.29, 0.717) is 0 Å². The molecule has 2 N–H and O–H groups in total. The van der Waals surface area contributed by atoms with Crippen molar-refractivity contribution < 1.29 is 14.0 Å². The number of carbonyl (C=O) groups excluding carboxylic acids is 2. The second-order valence-corrected chi connectivity index (χ2v) is 6.48. The average molecular weight is 361 g/mol. The van der Waals surface area contributed by atoms with Crippen LogP contribution < -0.4 is 5.73 Å². The largest absolute Gasteiger partial charge is 0.435 e. The summed E-state index contributed by atoms with van der Waals surface area (Å²) < 4.78 is 4.85. The molecule has 0 saturated heterocycles. The van der Waals surface area contributed by atoms with E-state index in [1.165, 1.54) is 11.2 Å². The molecule has 1 aliphatic rings. The number of carbonyl (C=O) groups is 2. The molecule has 0 spiro atoms. The summed E-state index contributed by atoms with van der Waals surface area (Å²) >= 11 is 5.60. The first-order valence-corrected chi connectivity index (χ1v) is 8.02. The van der Waals surface area contributed by atoms with Gasteiger partial charge in [-0.2, -0.15) is 4.98 Å². The number of hydrogen-bond donors (Lipinski definition) is 1. The Labute approximate surface area is 149 Å². The van der Waals surface area contributed by atoms with Gasteiger partial charge >= 0.3 is 0 Å². The number of nitrogens with zero attached hydrogens (tertiary/aromatic N) is 3. The topological polar surface area (TPSA) is 102 Å². The van der Waals surface area contributed by atoms with Crippen LogP contribution >= 0.6 is 11.6 Å². The molecule has 1 aromatic heterocycles. The molecule has 2 aromatic rings. The lowest BCUT2D eigenvalue weighted by atomic mass is 9.86. The molecule has 1 aromatic carbocycles. The van der Waals surface area contributed by atoms with Crippen LogP contribution in [-0.2, 0) is 16.8 Å². The normalized spacial score (nSPS) is 20.5. The fourth-order valence-electron chi connectivity index (χ4n) is 2.75. The number of rotatable bonds is 4. The third-order valence-electron chi connectivity index (χ3n) is 4.25. The molecule has 1 unspecified atom stereocenters. The predicted octanol–water partition coefficient (Wildman–Crippen LogP) is 2.15. The summed E-state index contributed by atoms with van der Waals surface area (Å²) in [6, 6.07) is 7.38. The summed E-state index contributed by atoms with van der Waals surface area (Å²) in [4.78, 5) is 34.0. The van der Waals surface area contributed by atoms with Gasteiger partial charge in [0.2, 0.25) is 5.91 Å². The van der Waals surface area contributed by atoms with Crippen LogP contribution in [0.2, 0.25) is 5.35 Å². The van der Waals surface area contributed by atoms with Gasteiger partial charge in [0.15, 0.2) is 11.7 Å². The predicted molar refractivity (Wildman–Crippen MR) is 92.4 cm³/mol. The SMILES string of the molecule is CN1C(=O)CC(C)(c2cccc(CC(=O)c3coc(Cl)n3)c2)N=C1N. The second kappa shape index (κ2) is 6.33. The lowest BCUT2D eigenvalue weighted by Crippen LogP contribution is -2.47. The number of halogens is 1. The molecule has 0 saturated carbocycles. The van der Waals surface area contributed by atoms with Crippen molar-refractivity contribution in [1.29, 1.82) is 0 Å². The highest BCUT2D eigenvalue weighted by Crippen LogP contribution is 2.33. The first-order valence-electron chi connectivity index (χ1n) is 7.64. The quantitative estimate of drug-likeness (QED) is 0.841. The van der Waals surface area contributed by atoms with E-state index in [0.717, 1.165) is 11.1 Å². The number of hydrogen-bond acceptors (Lipinski definition) is 6. The summed E-state index contributed by atoms with van der Waals surface area (Å²) in [7, 11) is 1.60. The van der Waals surface area contributed by atoms with Crippen molar-refractivity contribution >= 4 is 29.3 Å². The van der Waals surface area contributed by atoms with Crippen LogP contribution in [0.3, 0.4) is 0 Å². The molecule has 8 heteroatoms. The van der Waals surface area contributed by atoms with Crippen molar-refractivity contribution in [2.45, 2.75) is 25.3 Å². The summed E-state index contributed by atoms with van der Waals surface area (Å²) in [6.45, 7) is 1.85. The zero-order valence-corrected chi connectivity index (χ0v) is 14.6. The van der Waals surface area contributed by atoms with Crippen LogP contribution in [0.1, 0.15) is 35.0 Å². The molecule has 25 heavy (non-hydrogen) atoms. The Kier molecular flexibility index (Phi) is 4.34. The van der Waals surface area contributed by atoms with E-state index in [4.69, 9.17) is 21.8 Å². The molecule has 0 bridgehead atoms. The fraction of sp³-hybridized carbons (Fsp3) is 0.294. The minimum atomic E-state index is -0.760. The number of aromatic nitrogens is 1. The van der Waals surface area contributed by atoms with Crippen molar-refractivity contribution in [2.75, 3.05) is 7.05 Å². The smallest absolute Gasteiger partial charge is 0.292 e. The van der Waals surface area contributed by atoms with E-state index >= 15 is 0 Å². The third-order valence-corrected chi connectivity index (χ3v) is 4.42. The van der Waals surface area contributed by atoms with Gasteiger partial charge in [-0.3, -0.25) is 14.5 Å². The van der Waals surface area contributed by atoms with E-state index in [9.17, 15) is 9.59 Å². The van der Waals surface area contributed by atoms with Gasteiger partial charge < -0.3 is 10.2 Å². The fourth-order valence-corrected chi connectivity index (χ4v) is 2.88. The van der Waals surface area contributed by atoms with Crippen molar-refractivity contribution in [2.24, 2.45) is 10.7 Å². The van der Waals surface area contributed by atoms with E-state index in [2.05, 4.69) is 9.98 Å². The van der Waals surface area contributed by atoms with E-state index in [1.54, 1.807) is 7.05 Å². The number of benzene rings is 1. The summed E-state index contributed by atoms with van der Waals surface area (Å²) in [6.07, 6.45) is 1.58. The Morgan fingerprint density at radius 1 is 1.48 bits per heavy atom. The summed E-state index contributed by atoms with van der Waals surface area (Å²) in [5, 5.41) is -0.0701. The van der Waals surface area contributed by atoms with Crippen LogP contribution in [0.15, 0.2) is 39.9 Å². The van der Waals surface area contributed by atoms with Gasteiger partial charge in [-0.1, -0.05) is 24.3 Å². The number of aliphatic imine (C=N–C) groups is 1. The highest BCUT2D eigenvalue weighted by Gasteiger charge is 2.36. The van der Waals surface area contributed by atoms with E-state index < -0.39 is 5.54 Å². The van der Waals surface area contributed by atoms with Gasteiger partial charge in [0.1, 0.15) is 12.0 Å². The number of nitrogens with two attached hydrogens (primary N) is 1. The molecular formula is C17H17ClN4O3. The maximum absolute atomic E-state index is 12.3. The van der Waals surface area contributed by atoms with Crippen molar-refractivity contribution in [3.05, 3.63) is 52.7 Å². The molecule has 0 aliphatic carbocycles. The maximum Gasteiger partial charge on any atom is 0.292 e. The summed E-state index contributed by atoms with van der Waals surface area (Å²) in [5.74, 6) is -0.133. The number of oxazole rings is 1. The Bertz CT molecular complexity index is 876. The standard InChI is InChI=1S/C17H17ClN4O3/c1-17(8-14(24)22(2)16(19)21-17)11-5-3-4-10(6-11)7-13(23)12-9-25-15(18)20-12/h3-6,9H,7-8H2,1-2H3,(H2,19,21). The zero-order valence-electron chi connectivity index (χ0n) is 13.8. The van der Waals surface area contributed by atoms with Gasteiger partial charge in [0.25, 0.3) is 5.35 Å². The molecule has 0 radical (unpaired) electrons. The Hall–Kier alpha value is -2.67. The minimum Gasteiger partial charge on any atom is -0.435 e.